The van der Waals surface area contributed by atoms with E-state index in [1.54, 1.807) is 0 Å². The van der Waals surface area contributed by atoms with Crippen LogP contribution < -0.4 is 5.73 Å². The molecule has 1 saturated carbocycles. The zero-order chi connectivity index (χ0) is 13.9. The Morgan fingerprint density at radius 3 is 2.33 bits per heavy atom. The van der Waals surface area contributed by atoms with Crippen LogP contribution in [0.3, 0.4) is 0 Å². The van der Waals surface area contributed by atoms with Crippen molar-refractivity contribution in [1.29, 1.82) is 0 Å². The zero-order valence-electron chi connectivity index (χ0n) is 10.7. The van der Waals surface area contributed by atoms with Crippen molar-refractivity contribution >= 4 is 19.9 Å². The van der Waals surface area contributed by atoms with E-state index in [1.807, 2.05) is 6.92 Å². The fourth-order valence-corrected chi connectivity index (χ4v) is 6.94. The summed E-state index contributed by atoms with van der Waals surface area (Å²) >= 11 is 0. The normalized spacial score (nSPS) is 36.7. The van der Waals surface area contributed by atoms with Crippen LogP contribution in [0.1, 0.15) is 26.2 Å². The highest BCUT2D eigenvalue weighted by molar-refractivity contribution is 8.13. The lowest BCUT2D eigenvalue weighted by Crippen LogP contribution is -2.45. The van der Waals surface area contributed by atoms with Crippen LogP contribution in [0, 0.1) is 5.92 Å². The van der Waals surface area contributed by atoms with Gasteiger partial charge in [0.2, 0.25) is 0 Å². The van der Waals surface area contributed by atoms with Gasteiger partial charge in [-0.2, -0.15) is 4.31 Å². The van der Waals surface area contributed by atoms with Crippen molar-refractivity contribution in [3.8, 4) is 0 Å². The van der Waals surface area contributed by atoms with Crippen molar-refractivity contribution in [2.24, 2.45) is 11.7 Å². The number of hydrogen-bond acceptors (Lipinski definition) is 5. The number of nitrogens with two attached hydrogens (primary N) is 1. The van der Waals surface area contributed by atoms with Gasteiger partial charge in [-0.3, -0.25) is 0 Å². The Bertz CT molecular complexity index is 620. The third-order valence-electron chi connectivity index (χ3n) is 3.99. The molecule has 0 aromatic heterocycles. The molecule has 8 heteroatoms. The lowest BCUT2D eigenvalue weighted by atomic mass is 9.93. The van der Waals surface area contributed by atoms with E-state index in [4.69, 9.17) is 5.73 Å². The summed E-state index contributed by atoms with van der Waals surface area (Å²) in [5, 5.41) is 0. The number of rotatable bonds is 1. The van der Waals surface area contributed by atoms with Gasteiger partial charge in [0.15, 0.2) is 14.1 Å². The maximum absolute atomic E-state index is 12.2. The predicted molar refractivity (Wildman–Crippen MR) is 68.5 cm³/mol. The van der Waals surface area contributed by atoms with Gasteiger partial charge in [-0.15, -0.1) is 0 Å². The van der Waals surface area contributed by atoms with Gasteiger partial charge in [0.25, 0.3) is 10.0 Å². The van der Waals surface area contributed by atoms with Gasteiger partial charge in [-0.05, 0) is 25.2 Å². The summed E-state index contributed by atoms with van der Waals surface area (Å²) in [6.45, 7) is 2.01. The quantitative estimate of drug-likeness (QED) is 0.733. The second-order valence-corrected chi connectivity index (χ2v) is 9.44. The number of likely N-dealkylation sites (N-methyl/N-ethyl adjacent to an activating group) is 1. The van der Waals surface area contributed by atoms with Crippen LogP contribution in [-0.2, 0) is 19.9 Å². The minimum atomic E-state index is -3.99. The van der Waals surface area contributed by atoms with Crippen LogP contribution in [0.5, 0.6) is 0 Å². The smallest absolute Gasteiger partial charge is 0.256 e. The third-order valence-corrected chi connectivity index (χ3v) is 8.19. The van der Waals surface area contributed by atoms with E-state index >= 15 is 0 Å². The van der Waals surface area contributed by atoms with Crippen LogP contribution >= 0.6 is 0 Å². The topological polar surface area (TPSA) is 97.5 Å². The molecule has 1 spiro atoms. The summed E-state index contributed by atoms with van der Waals surface area (Å²) in [6.07, 6.45) is 2.89. The summed E-state index contributed by atoms with van der Waals surface area (Å²) in [6, 6.07) is 0. The Morgan fingerprint density at radius 2 is 2.00 bits per heavy atom. The first kappa shape index (κ1) is 13.8. The Hall–Kier alpha value is -0.600. The molecule has 6 nitrogen and oxygen atoms in total. The molecule has 2 aliphatic rings. The molecule has 1 aliphatic heterocycles. The average molecular weight is 294 g/mol. The van der Waals surface area contributed by atoms with Crippen molar-refractivity contribution in [3.05, 3.63) is 9.93 Å². The van der Waals surface area contributed by atoms with Gasteiger partial charge in [-0.1, -0.05) is 6.92 Å². The van der Waals surface area contributed by atoms with Gasteiger partial charge in [-0.25, -0.2) is 16.8 Å². The highest BCUT2D eigenvalue weighted by atomic mass is 32.3. The van der Waals surface area contributed by atoms with Gasteiger partial charge in [0, 0.05) is 13.3 Å². The van der Waals surface area contributed by atoms with E-state index in [9.17, 15) is 16.8 Å². The van der Waals surface area contributed by atoms with Gasteiger partial charge in [0.1, 0.15) is 0 Å². The van der Waals surface area contributed by atoms with E-state index in [-0.39, 0.29) is 5.70 Å². The molecule has 2 unspecified atom stereocenters. The molecule has 0 radical (unpaired) electrons. The first-order chi connectivity index (χ1) is 8.03. The summed E-state index contributed by atoms with van der Waals surface area (Å²) in [7, 11) is -6.42. The van der Waals surface area contributed by atoms with E-state index < -0.39 is 29.6 Å². The molecule has 2 N–H and O–H groups in total. The molecule has 2 atom stereocenters. The predicted octanol–water partition coefficient (Wildman–Crippen LogP) is -0.00720. The molecule has 0 amide bonds. The molecule has 0 saturated heterocycles. The van der Waals surface area contributed by atoms with Crippen molar-refractivity contribution in [3.63, 3.8) is 0 Å². The number of nitrogens with zero attached hydrogens (tertiary/aromatic N) is 1. The van der Waals surface area contributed by atoms with Crippen LogP contribution in [0.15, 0.2) is 9.93 Å². The zero-order valence-corrected chi connectivity index (χ0v) is 12.3. The highest BCUT2D eigenvalue weighted by Crippen LogP contribution is 2.50. The minimum absolute atomic E-state index is 0.00292. The minimum Gasteiger partial charge on any atom is -0.399 e. The molecule has 1 aliphatic carbocycles. The highest BCUT2D eigenvalue weighted by Gasteiger charge is 2.57. The van der Waals surface area contributed by atoms with Crippen molar-refractivity contribution in [2.45, 2.75) is 31.7 Å². The summed E-state index contributed by atoms with van der Waals surface area (Å²) < 4.78 is 48.4. The Balaban J connectivity index is 2.72. The monoisotopic (exact) mass is 294 g/mol. The lowest BCUT2D eigenvalue weighted by Gasteiger charge is -2.31. The molecule has 2 rings (SSSR count). The number of hydrogen-bond donors (Lipinski definition) is 1. The largest absolute Gasteiger partial charge is 0.399 e. The molecular weight excluding hydrogens is 276 g/mol. The molecule has 0 aromatic carbocycles. The standard InChI is InChI=1S/C10H18N2O4S2/c1-7-4-5-10(6-7)8(11)9(17(3,13)14)18(15,16)12(10)2/h7H,4-6,11H2,1-3H3. The Morgan fingerprint density at radius 1 is 1.44 bits per heavy atom. The first-order valence-electron chi connectivity index (χ1n) is 5.73. The number of sulfone groups is 1. The van der Waals surface area contributed by atoms with Crippen molar-refractivity contribution < 1.29 is 16.8 Å². The molecule has 0 bridgehead atoms. The van der Waals surface area contributed by atoms with E-state index in [0.717, 1.165) is 17.0 Å². The van der Waals surface area contributed by atoms with Gasteiger partial charge < -0.3 is 5.73 Å². The van der Waals surface area contributed by atoms with Gasteiger partial charge >= 0.3 is 0 Å². The van der Waals surface area contributed by atoms with E-state index in [1.165, 1.54) is 7.05 Å². The summed E-state index contributed by atoms with van der Waals surface area (Å²) in [4.78, 5) is 0. The average Bonchev–Trinajstić information content (AvgIpc) is 2.62. The van der Waals surface area contributed by atoms with Crippen molar-refractivity contribution in [1.82, 2.24) is 4.31 Å². The second-order valence-electron chi connectivity index (χ2n) is 5.33. The van der Waals surface area contributed by atoms with Gasteiger partial charge in [0.05, 0.1) is 11.2 Å². The van der Waals surface area contributed by atoms with Crippen LogP contribution in [0.4, 0.5) is 0 Å². The SMILES string of the molecule is CC1CCC2(C1)C(N)=C(S(C)(=O)=O)S(=O)(=O)N2C. The molecule has 1 heterocycles. The first-order valence-corrected chi connectivity index (χ1v) is 9.06. The maximum atomic E-state index is 12.2. The van der Waals surface area contributed by atoms with Crippen molar-refractivity contribution in [2.75, 3.05) is 13.3 Å². The lowest BCUT2D eigenvalue weighted by molar-refractivity contribution is 0.272. The van der Waals surface area contributed by atoms with Crippen LogP contribution in [0.2, 0.25) is 0 Å². The molecule has 18 heavy (non-hydrogen) atoms. The maximum Gasteiger partial charge on any atom is 0.256 e. The Labute approximate surface area is 108 Å². The fourth-order valence-electron chi connectivity index (χ4n) is 3.04. The Kier molecular flexibility index (Phi) is 2.85. The van der Waals surface area contributed by atoms with E-state index in [0.29, 0.717) is 18.8 Å². The van der Waals surface area contributed by atoms with E-state index in [2.05, 4.69) is 0 Å². The second kappa shape index (κ2) is 3.71. The molecular formula is C10H18N2O4S2. The summed E-state index contributed by atoms with van der Waals surface area (Å²) in [5.41, 5.74) is 5.07. The number of sulfonamides is 1. The summed E-state index contributed by atoms with van der Waals surface area (Å²) in [5.74, 6) is 0.333. The van der Waals surface area contributed by atoms with Crippen LogP contribution in [0.25, 0.3) is 0 Å². The molecule has 0 aromatic rings. The fraction of sp³-hybridized carbons (Fsp3) is 0.800. The molecule has 104 valence electrons. The van der Waals surface area contributed by atoms with Crippen LogP contribution in [-0.4, -0.2) is 40.0 Å². The third kappa shape index (κ3) is 1.62. The molecule has 1 fully saturated rings.